The Morgan fingerprint density at radius 1 is 0.850 bits per heavy atom. The van der Waals surface area contributed by atoms with E-state index >= 15 is 0 Å². The first-order valence-electron chi connectivity index (χ1n) is 13.9. The van der Waals surface area contributed by atoms with E-state index in [9.17, 15) is 24.2 Å². The highest BCUT2D eigenvalue weighted by Gasteiger charge is 2.45. The lowest BCUT2D eigenvalue weighted by molar-refractivity contribution is 0.0567. The molecule has 7 heteroatoms. The van der Waals surface area contributed by atoms with Gasteiger partial charge < -0.3 is 20.0 Å². The SMILES string of the molecule is Cc1c(F)cccc1C1[C@@H](C(=O)c2cccc(O)c2)CN(CCCCCN(C)C)C[C@@H]1C(=O)c1cccc(O)c1. The van der Waals surface area contributed by atoms with Gasteiger partial charge in [0.25, 0.3) is 0 Å². The Balaban J connectivity index is 1.75. The Hall–Kier alpha value is -3.55. The molecule has 0 aliphatic carbocycles. The third-order valence-corrected chi connectivity index (χ3v) is 7.96. The lowest BCUT2D eigenvalue weighted by Crippen LogP contribution is -2.50. The highest BCUT2D eigenvalue weighted by atomic mass is 19.1. The molecule has 0 bridgehead atoms. The number of carbonyl (C=O) groups is 2. The number of hydrogen-bond donors (Lipinski definition) is 2. The quantitative estimate of drug-likeness (QED) is 0.238. The largest absolute Gasteiger partial charge is 0.508 e. The third-order valence-electron chi connectivity index (χ3n) is 7.96. The van der Waals surface area contributed by atoms with Crippen LogP contribution >= 0.6 is 0 Å². The monoisotopic (exact) mass is 546 g/mol. The maximum atomic E-state index is 14.9. The Kier molecular flexibility index (Phi) is 9.71. The maximum Gasteiger partial charge on any atom is 0.167 e. The number of phenols is 2. The minimum absolute atomic E-state index is 0.00900. The van der Waals surface area contributed by atoms with E-state index in [1.165, 1.54) is 30.3 Å². The van der Waals surface area contributed by atoms with Crippen LogP contribution < -0.4 is 0 Å². The summed E-state index contributed by atoms with van der Waals surface area (Å²) in [6, 6.07) is 17.4. The molecule has 1 heterocycles. The molecule has 0 spiro atoms. The molecule has 4 rings (SSSR count). The molecule has 0 aromatic heterocycles. The van der Waals surface area contributed by atoms with Crippen LogP contribution in [0.15, 0.2) is 66.7 Å². The van der Waals surface area contributed by atoms with E-state index in [-0.39, 0.29) is 28.9 Å². The molecule has 2 atom stereocenters. The number of carbonyl (C=O) groups excluding carboxylic acids is 2. The summed E-state index contributed by atoms with van der Waals surface area (Å²) >= 11 is 0. The highest BCUT2D eigenvalue weighted by molar-refractivity contribution is 6.02. The van der Waals surface area contributed by atoms with Crippen molar-refractivity contribution in [1.29, 1.82) is 0 Å². The fourth-order valence-electron chi connectivity index (χ4n) is 5.92. The molecule has 1 aliphatic rings. The average molecular weight is 547 g/mol. The first-order chi connectivity index (χ1) is 19.2. The first-order valence-corrected chi connectivity index (χ1v) is 13.9. The van der Waals surface area contributed by atoms with Crippen molar-refractivity contribution in [1.82, 2.24) is 9.80 Å². The molecule has 3 aromatic rings. The predicted molar refractivity (Wildman–Crippen MR) is 155 cm³/mol. The number of rotatable bonds is 11. The van der Waals surface area contributed by atoms with Gasteiger partial charge in [-0.1, -0.05) is 42.8 Å². The van der Waals surface area contributed by atoms with Crippen LogP contribution in [0.5, 0.6) is 11.5 Å². The summed E-state index contributed by atoms with van der Waals surface area (Å²) in [4.78, 5) is 32.5. The number of unbranched alkanes of at least 4 members (excludes halogenated alkanes) is 2. The van der Waals surface area contributed by atoms with Crippen molar-refractivity contribution in [2.24, 2.45) is 11.8 Å². The lowest BCUT2D eigenvalue weighted by Gasteiger charge is -2.43. The van der Waals surface area contributed by atoms with E-state index in [1.54, 1.807) is 37.3 Å². The Bertz CT molecular complexity index is 1270. The molecule has 0 unspecified atom stereocenters. The molecule has 2 N–H and O–H groups in total. The van der Waals surface area contributed by atoms with Gasteiger partial charge in [-0.05, 0) is 88.4 Å². The Labute approximate surface area is 236 Å². The molecule has 1 aliphatic heterocycles. The fraction of sp³-hybridized carbons (Fsp3) is 0.394. The van der Waals surface area contributed by atoms with Crippen LogP contribution in [0.3, 0.4) is 0 Å². The summed E-state index contributed by atoms with van der Waals surface area (Å²) in [5.74, 6) is -2.62. The summed E-state index contributed by atoms with van der Waals surface area (Å²) in [6.45, 7) is 4.26. The highest BCUT2D eigenvalue weighted by Crippen LogP contribution is 2.42. The van der Waals surface area contributed by atoms with Gasteiger partial charge in [0.1, 0.15) is 17.3 Å². The van der Waals surface area contributed by atoms with Gasteiger partial charge in [0.05, 0.1) is 0 Å². The van der Waals surface area contributed by atoms with Crippen molar-refractivity contribution in [2.45, 2.75) is 32.1 Å². The maximum absolute atomic E-state index is 14.9. The molecule has 0 saturated carbocycles. The van der Waals surface area contributed by atoms with E-state index in [0.717, 1.165) is 32.4 Å². The fourth-order valence-corrected chi connectivity index (χ4v) is 5.92. The zero-order valence-corrected chi connectivity index (χ0v) is 23.5. The molecule has 0 amide bonds. The smallest absolute Gasteiger partial charge is 0.167 e. The van der Waals surface area contributed by atoms with Crippen LogP contribution in [0.2, 0.25) is 0 Å². The van der Waals surface area contributed by atoms with Gasteiger partial charge in [0, 0.05) is 42.0 Å². The molecule has 0 radical (unpaired) electrons. The number of benzene rings is 3. The second-order valence-corrected chi connectivity index (χ2v) is 11.1. The second kappa shape index (κ2) is 13.2. The molecule has 1 saturated heterocycles. The zero-order valence-electron chi connectivity index (χ0n) is 23.5. The molecule has 1 fully saturated rings. The van der Waals surface area contributed by atoms with Gasteiger partial charge in [0.2, 0.25) is 0 Å². The van der Waals surface area contributed by atoms with Crippen LogP contribution in [-0.2, 0) is 0 Å². The zero-order chi connectivity index (χ0) is 28.8. The van der Waals surface area contributed by atoms with Crippen molar-refractivity contribution in [2.75, 3.05) is 40.3 Å². The summed E-state index contributed by atoms with van der Waals surface area (Å²) in [6.07, 6.45) is 3.01. The van der Waals surface area contributed by atoms with E-state index < -0.39 is 17.8 Å². The van der Waals surface area contributed by atoms with Crippen molar-refractivity contribution >= 4 is 11.6 Å². The van der Waals surface area contributed by atoms with Crippen molar-refractivity contribution in [3.05, 3.63) is 94.8 Å². The number of likely N-dealkylation sites (tertiary alicyclic amines) is 1. The normalized spacial score (nSPS) is 18.2. The van der Waals surface area contributed by atoms with Gasteiger partial charge >= 0.3 is 0 Å². The van der Waals surface area contributed by atoms with E-state index in [1.807, 2.05) is 20.2 Å². The number of hydrogen-bond acceptors (Lipinski definition) is 6. The number of Topliss-reactive ketones (excluding diaryl/α,β-unsaturated/α-hetero) is 2. The van der Waals surface area contributed by atoms with E-state index in [2.05, 4.69) is 9.80 Å². The summed E-state index contributed by atoms with van der Waals surface area (Å²) < 4.78 is 14.9. The molecular formula is C33H39FN2O4. The number of nitrogens with zero attached hydrogens (tertiary/aromatic N) is 2. The van der Waals surface area contributed by atoms with Crippen molar-refractivity contribution in [3.8, 4) is 11.5 Å². The molecular weight excluding hydrogens is 507 g/mol. The van der Waals surface area contributed by atoms with Gasteiger partial charge in [-0.2, -0.15) is 0 Å². The third kappa shape index (κ3) is 6.95. The van der Waals surface area contributed by atoms with Crippen LogP contribution in [0, 0.1) is 24.6 Å². The number of piperidine rings is 1. The second-order valence-electron chi connectivity index (χ2n) is 11.1. The average Bonchev–Trinajstić information content (AvgIpc) is 2.93. The van der Waals surface area contributed by atoms with Crippen molar-refractivity contribution < 1.29 is 24.2 Å². The Morgan fingerprint density at radius 3 is 1.93 bits per heavy atom. The molecule has 40 heavy (non-hydrogen) atoms. The van der Waals surface area contributed by atoms with Crippen LogP contribution in [0.1, 0.15) is 57.0 Å². The van der Waals surface area contributed by atoms with Crippen LogP contribution in [0.25, 0.3) is 0 Å². The van der Waals surface area contributed by atoms with Crippen LogP contribution in [0.4, 0.5) is 4.39 Å². The first kappa shape index (κ1) is 29.4. The standard InChI is InChI=1S/C33H39FN2O4/c1-22-27(14-9-15-30(22)34)31-28(32(39)23-10-7-12-25(37)18-23)20-36(17-6-4-5-16-35(2)3)21-29(31)33(40)24-11-8-13-26(38)19-24/h7-15,18-19,28-29,31,37-38H,4-6,16-17,20-21H2,1-3H3/t28-,29-/m0/s1. The van der Waals surface area contributed by atoms with Gasteiger partial charge in [0.15, 0.2) is 11.6 Å². The number of phenolic OH excluding ortho intramolecular Hbond substituents is 2. The summed E-state index contributed by atoms with van der Waals surface area (Å²) in [5.41, 5.74) is 1.79. The van der Waals surface area contributed by atoms with Gasteiger partial charge in [-0.3, -0.25) is 9.59 Å². The number of aromatic hydroxyl groups is 2. The van der Waals surface area contributed by atoms with Gasteiger partial charge in [-0.25, -0.2) is 4.39 Å². The van der Waals surface area contributed by atoms with Gasteiger partial charge in [-0.15, -0.1) is 0 Å². The minimum Gasteiger partial charge on any atom is -0.508 e. The summed E-state index contributed by atoms with van der Waals surface area (Å²) in [5, 5.41) is 20.2. The molecule has 3 aromatic carbocycles. The van der Waals surface area contributed by atoms with Crippen molar-refractivity contribution in [3.63, 3.8) is 0 Å². The van der Waals surface area contributed by atoms with E-state index in [0.29, 0.717) is 35.3 Å². The number of ketones is 2. The van der Waals surface area contributed by atoms with Crippen LogP contribution in [-0.4, -0.2) is 71.9 Å². The van der Waals surface area contributed by atoms with E-state index in [4.69, 9.17) is 0 Å². The molecule has 212 valence electrons. The summed E-state index contributed by atoms with van der Waals surface area (Å²) in [7, 11) is 4.10. The lowest BCUT2D eigenvalue weighted by atomic mass is 9.67. The predicted octanol–water partition coefficient (Wildman–Crippen LogP) is 5.67. The Morgan fingerprint density at radius 2 is 1.40 bits per heavy atom. The minimum atomic E-state index is -0.635. The number of halogens is 1. The topological polar surface area (TPSA) is 81.1 Å². The molecule has 6 nitrogen and oxygen atoms in total.